The van der Waals surface area contributed by atoms with E-state index in [1.54, 1.807) is 0 Å². The minimum absolute atomic E-state index is 0.144. The van der Waals surface area contributed by atoms with E-state index in [0.717, 1.165) is 6.66 Å². The third kappa shape index (κ3) is 3.25. The van der Waals surface area contributed by atoms with Gasteiger partial charge in [-0.1, -0.05) is 0 Å². The van der Waals surface area contributed by atoms with Crippen molar-refractivity contribution in [2.45, 2.75) is 29.8 Å². The van der Waals surface area contributed by atoms with E-state index in [0.29, 0.717) is 0 Å². The number of aromatic nitrogens is 2. The van der Waals surface area contributed by atoms with E-state index in [4.69, 9.17) is 5.73 Å². The maximum atomic E-state index is 12.1. The Morgan fingerprint density at radius 3 is 2.54 bits per heavy atom. The molecule has 0 aromatic carbocycles. The van der Waals surface area contributed by atoms with Gasteiger partial charge in [-0.25, -0.2) is 0 Å². The molecular formula is C12H24IN3O8P2. The number of Topliss-reactive ketones (excluding diaryl/α,β-unsaturated/α-hetero) is 1. The van der Waals surface area contributed by atoms with Gasteiger partial charge >= 0.3 is 163 Å². The molecule has 0 amide bonds. The third-order valence-corrected chi connectivity index (χ3v) is 16.3. The van der Waals surface area contributed by atoms with Gasteiger partial charge in [0, 0.05) is 0 Å². The molecule has 11 nitrogen and oxygen atoms in total. The Morgan fingerprint density at radius 2 is 2.19 bits per heavy atom. The molecule has 3 atom stereocenters. The Hall–Kier alpha value is 0.150. The molecule has 0 spiro atoms. The van der Waals surface area contributed by atoms with Crippen LogP contribution in [-0.2, 0) is 16.2 Å². The molecule has 1 aliphatic carbocycles. The fourth-order valence-corrected chi connectivity index (χ4v) is 13.2. The Bertz CT molecular complexity index is 669. The van der Waals surface area contributed by atoms with Gasteiger partial charge in [0.05, 0.1) is 0 Å². The normalized spacial score (nSPS) is 28.5. The molecule has 1 aromatic rings. The molecule has 0 aliphatic heterocycles. The van der Waals surface area contributed by atoms with Gasteiger partial charge in [0.1, 0.15) is 0 Å². The molecule has 1 heterocycles. The van der Waals surface area contributed by atoms with E-state index in [-0.39, 0.29) is 12.8 Å². The van der Waals surface area contributed by atoms with Crippen LogP contribution in [0.4, 0.5) is 0 Å². The minimum atomic E-state index is -5.32. The number of nitrogens with two attached hydrogens (primary N) is 1. The van der Waals surface area contributed by atoms with Gasteiger partial charge in [-0.3, -0.25) is 0 Å². The van der Waals surface area contributed by atoms with Gasteiger partial charge in [-0.15, -0.1) is 0 Å². The first-order chi connectivity index (χ1) is 11.7. The molecule has 8 N–H and O–H groups in total. The van der Waals surface area contributed by atoms with E-state index in [1.807, 2.05) is 0 Å². The molecule has 1 aliphatic rings. The predicted octanol–water partition coefficient (Wildman–Crippen LogP) is -0.435. The molecule has 0 saturated heterocycles. The molecular weight excluding hydrogens is 503 g/mol. The first-order valence-electron chi connectivity index (χ1n) is 7.64. The second kappa shape index (κ2) is 6.89. The average molecular weight is 527 g/mol. The van der Waals surface area contributed by atoms with E-state index < -0.39 is 47.6 Å². The van der Waals surface area contributed by atoms with Gasteiger partial charge in [-0.05, 0) is 0 Å². The number of halogens is 1. The van der Waals surface area contributed by atoms with Gasteiger partial charge in [0.2, 0.25) is 0 Å². The quantitative estimate of drug-likeness (QED) is 0.101. The van der Waals surface area contributed by atoms with Crippen LogP contribution in [0.15, 0.2) is 18.7 Å². The van der Waals surface area contributed by atoms with E-state index >= 15 is 0 Å². The summed E-state index contributed by atoms with van der Waals surface area (Å²) < 4.78 is -3.94. The van der Waals surface area contributed by atoms with Crippen LogP contribution in [0.3, 0.4) is 0 Å². The number of nitrogens with zero attached hydrogens (tertiary/aromatic N) is 2. The summed E-state index contributed by atoms with van der Waals surface area (Å²) in [5.41, 5.74) is 5.33. The van der Waals surface area contributed by atoms with Crippen molar-refractivity contribution in [3.63, 3.8) is 0 Å². The topological polar surface area (TPSA) is 192 Å². The summed E-state index contributed by atoms with van der Waals surface area (Å²) in [6.45, 7) is -0.176. The third-order valence-electron chi connectivity index (χ3n) is 5.07. The first-order valence-corrected chi connectivity index (χ1v) is 14.9. The summed E-state index contributed by atoms with van der Waals surface area (Å²) in [7, 11) is -5.32. The summed E-state index contributed by atoms with van der Waals surface area (Å²) in [6, 6.07) is 0. The van der Waals surface area contributed by atoms with Crippen LogP contribution in [0.5, 0.6) is 0 Å². The predicted molar refractivity (Wildman–Crippen MR) is 104 cm³/mol. The Kier molecular flexibility index (Phi) is 5.94. The van der Waals surface area contributed by atoms with Crippen LogP contribution in [-0.4, -0.2) is 68.9 Å². The van der Waals surface area contributed by atoms with Gasteiger partial charge in [0.25, 0.3) is 0 Å². The van der Waals surface area contributed by atoms with E-state index in [1.165, 1.54) is 45.3 Å². The van der Waals surface area contributed by atoms with Crippen molar-refractivity contribution in [3.8, 4) is 0 Å². The summed E-state index contributed by atoms with van der Waals surface area (Å²) in [4.78, 5) is 63.6. The fourth-order valence-electron chi connectivity index (χ4n) is 3.30. The van der Waals surface area contributed by atoms with Crippen LogP contribution in [0.25, 0.3) is 0 Å². The second-order valence-electron chi connectivity index (χ2n) is 6.78. The second-order valence-corrected chi connectivity index (χ2v) is 20.5. The SMILES string of the molecule is CP(O)(O)(I)C(O)(Cn1ccnc1)[PH](O)(O)[C@@]1(OO)CCC1C(=O)CN. The van der Waals surface area contributed by atoms with Crippen molar-refractivity contribution in [3.05, 3.63) is 18.7 Å². The van der Waals surface area contributed by atoms with Crippen molar-refractivity contribution in [1.29, 1.82) is 0 Å². The molecule has 14 heteroatoms. The number of carbonyl (C=O) groups excluding carboxylic acids is 1. The number of hydrogen-bond donors (Lipinski definition) is 7. The van der Waals surface area contributed by atoms with Crippen molar-refractivity contribution >= 4 is 40.2 Å². The van der Waals surface area contributed by atoms with Crippen LogP contribution >= 0.6 is 34.5 Å². The van der Waals surface area contributed by atoms with Crippen molar-refractivity contribution in [1.82, 2.24) is 9.55 Å². The number of aliphatic hydroxyl groups is 1. The molecule has 2 rings (SSSR count). The average Bonchev–Trinajstić information content (AvgIpc) is 2.97. The van der Waals surface area contributed by atoms with Crippen LogP contribution < -0.4 is 5.73 Å². The van der Waals surface area contributed by atoms with Gasteiger partial charge in [0.15, 0.2) is 0 Å². The summed E-state index contributed by atoms with van der Waals surface area (Å²) in [5.74, 6) is -1.79. The zero-order valence-electron chi connectivity index (χ0n) is 13.9. The zero-order valence-corrected chi connectivity index (χ0v) is 18.0. The molecule has 152 valence electrons. The number of hydrogen-bond acceptors (Lipinski definition) is 10. The Morgan fingerprint density at radius 1 is 1.58 bits per heavy atom. The van der Waals surface area contributed by atoms with Gasteiger partial charge < -0.3 is 0 Å². The number of imidazole rings is 1. The van der Waals surface area contributed by atoms with Crippen LogP contribution in [0.1, 0.15) is 12.8 Å². The number of ketones is 1. The molecule has 1 fully saturated rings. The number of rotatable bonds is 8. The Labute approximate surface area is 162 Å². The molecule has 0 radical (unpaired) electrons. The molecule has 1 saturated carbocycles. The maximum absolute atomic E-state index is 12.1. The van der Waals surface area contributed by atoms with Crippen molar-refractivity contribution in [2.75, 3.05) is 13.2 Å². The van der Waals surface area contributed by atoms with Crippen LogP contribution in [0, 0.1) is 5.92 Å². The van der Waals surface area contributed by atoms with E-state index in [2.05, 4.69) is 9.87 Å². The van der Waals surface area contributed by atoms with E-state index in [9.17, 15) is 34.7 Å². The van der Waals surface area contributed by atoms with Crippen LogP contribution in [0.2, 0.25) is 0 Å². The van der Waals surface area contributed by atoms with Crippen molar-refractivity contribution in [2.24, 2.45) is 11.7 Å². The zero-order chi connectivity index (χ0) is 20.0. The first kappa shape index (κ1) is 22.4. The fraction of sp³-hybridized carbons (Fsp3) is 0.667. The molecule has 0 bridgehead atoms. The Balaban J connectivity index is 2.60. The molecule has 2 unspecified atom stereocenters. The summed E-state index contributed by atoms with van der Waals surface area (Å²) in [5, 5.41) is 15.6. The summed E-state index contributed by atoms with van der Waals surface area (Å²) >= 11 is 1.20. The standard InChI is InChI=1S/C12H24IN3O8P2/c1-26(13,22,23)12(18,7-16-5-4-15-8-16)25(20,21)11(24-19)3-2-9(11)10(17)6-14/h4-5,8-9,18-23,25H,2-3,6-7,14H2,1H3/t9?,11-,12?/m0/s1. The number of carbonyl (C=O) groups is 1. The molecule has 26 heavy (non-hydrogen) atoms. The monoisotopic (exact) mass is 527 g/mol. The van der Waals surface area contributed by atoms with Gasteiger partial charge in [-0.2, -0.15) is 0 Å². The van der Waals surface area contributed by atoms with Crippen molar-refractivity contribution < 1.29 is 39.6 Å². The summed E-state index contributed by atoms with van der Waals surface area (Å²) in [6.07, 6.45) is 3.95. The molecule has 1 aromatic heterocycles.